The fourth-order valence-corrected chi connectivity index (χ4v) is 3.94. The number of unbranched alkanes of at least 4 members (excludes halogenated alkanes) is 1. The summed E-state index contributed by atoms with van der Waals surface area (Å²) in [5.41, 5.74) is 0.854. The van der Waals surface area contributed by atoms with Crippen molar-refractivity contribution < 1.29 is 9.59 Å². The predicted octanol–water partition coefficient (Wildman–Crippen LogP) is 3.98. The normalized spacial score (nSPS) is 16.7. The molecule has 1 atom stereocenters. The zero-order chi connectivity index (χ0) is 18.5. The molecule has 1 N–H and O–H groups in total. The van der Waals surface area contributed by atoms with Crippen molar-refractivity contribution in [1.82, 2.24) is 15.1 Å². The van der Waals surface area contributed by atoms with Gasteiger partial charge in [0.15, 0.2) is 0 Å². The van der Waals surface area contributed by atoms with Gasteiger partial charge in [0, 0.05) is 23.6 Å². The lowest BCUT2D eigenvalue weighted by Gasteiger charge is -2.23. The largest absolute Gasteiger partial charge is 0.331 e. The molecule has 1 aliphatic rings. The van der Waals surface area contributed by atoms with Gasteiger partial charge >= 0.3 is 0 Å². The molecular weight excluding hydrogens is 372 g/mol. The Balaban J connectivity index is 1.65. The molecule has 1 aromatic carbocycles. The molecule has 1 fully saturated rings. The standard InChI is InChI=1S/C18H21ClN4O2S/c1-2-3-9-15(24)23-10-5-8-14(23)16(25)20-18-22-21-17(26-18)12-6-4-7-13(19)11-12/h4,6-7,11,14H,2-3,5,8-10H2,1H3,(H,20,22,25). The summed E-state index contributed by atoms with van der Waals surface area (Å²) in [6, 6.07) is 6.91. The van der Waals surface area contributed by atoms with E-state index >= 15 is 0 Å². The van der Waals surface area contributed by atoms with Crippen molar-refractivity contribution in [2.24, 2.45) is 0 Å². The van der Waals surface area contributed by atoms with Gasteiger partial charge in [0.25, 0.3) is 0 Å². The maximum atomic E-state index is 12.6. The molecule has 0 radical (unpaired) electrons. The third-order valence-corrected chi connectivity index (χ3v) is 5.47. The number of hydrogen-bond donors (Lipinski definition) is 1. The third-order valence-electron chi connectivity index (χ3n) is 4.35. The Labute approximate surface area is 161 Å². The topological polar surface area (TPSA) is 75.2 Å². The van der Waals surface area contributed by atoms with E-state index in [-0.39, 0.29) is 11.8 Å². The van der Waals surface area contributed by atoms with E-state index in [1.54, 1.807) is 17.0 Å². The van der Waals surface area contributed by atoms with Crippen molar-refractivity contribution in [3.8, 4) is 10.6 Å². The SMILES string of the molecule is CCCCC(=O)N1CCCC1C(=O)Nc1nnc(-c2cccc(Cl)c2)s1. The summed E-state index contributed by atoms with van der Waals surface area (Å²) >= 11 is 7.29. The Morgan fingerprint density at radius 1 is 1.38 bits per heavy atom. The first-order valence-corrected chi connectivity index (χ1v) is 9.97. The first-order valence-electron chi connectivity index (χ1n) is 8.78. The molecule has 3 rings (SSSR count). The zero-order valence-corrected chi connectivity index (χ0v) is 16.1. The molecule has 2 aromatic rings. The van der Waals surface area contributed by atoms with Crippen molar-refractivity contribution in [2.45, 2.75) is 45.1 Å². The first kappa shape index (κ1) is 18.8. The molecule has 6 nitrogen and oxygen atoms in total. The van der Waals surface area contributed by atoms with Crippen LogP contribution in [0.5, 0.6) is 0 Å². The van der Waals surface area contributed by atoms with Crippen LogP contribution >= 0.6 is 22.9 Å². The molecule has 1 unspecified atom stereocenters. The summed E-state index contributed by atoms with van der Waals surface area (Å²) in [6.45, 7) is 2.69. The lowest BCUT2D eigenvalue weighted by Crippen LogP contribution is -2.43. The molecule has 0 bridgehead atoms. The summed E-state index contributed by atoms with van der Waals surface area (Å²) in [4.78, 5) is 26.6. The Hall–Kier alpha value is -1.99. The second-order valence-electron chi connectivity index (χ2n) is 6.26. The molecule has 0 saturated carbocycles. The van der Waals surface area contributed by atoms with Gasteiger partial charge < -0.3 is 4.90 Å². The molecule has 1 aliphatic heterocycles. The number of anilines is 1. The number of amides is 2. The highest BCUT2D eigenvalue weighted by atomic mass is 35.5. The summed E-state index contributed by atoms with van der Waals surface area (Å²) < 4.78 is 0. The van der Waals surface area contributed by atoms with E-state index in [0.717, 1.165) is 24.8 Å². The predicted molar refractivity (Wildman–Crippen MR) is 103 cm³/mol. The fraction of sp³-hybridized carbons (Fsp3) is 0.444. The van der Waals surface area contributed by atoms with Crippen molar-refractivity contribution in [3.63, 3.8) is 0 Å². The molecule has 1 saturated heterocycles. The fourth-order valence-electron chi connectivity index (χ4n) is 3.01. The smallest absolute Gasteiger partial charge is 0.249 e. The van der Waals surface area contributed by atoms with E-state index in [2.05, 4.69) is 22.4 Å². The number of nitrogens with zero attached hydrogens (tertiary/aromatic N) is 3. The second-order valence-corrected chi connectivity index (χ2v) is 7.67. The van der Waals surface area contributed by atoms with Crippen molar-refractivity contribution in [1.29, 1.82) is 0 Å². The maximum absolute atomic E-state index is 12.6. The van der Waals surface area contributed by atoms with Crippen LogP contribution in [0.25, 0.3) is 10.6 Å². The third kappa shape index (κ3) is 4.40. The summed E-state index contributed by atoms with van der Waals surface area (Å²) in [5.74, 6) is -0.137. The number of rotatable bonds is 6. The minimum atomic E-state index is -0.419. The minimum Gasteiger partial charge on any atom is -0.331 e. The van der Waals surface area contributed by atoms with Crippen molar-refractivity contribution in [3.05, 3.63) is 29.3 Å². The van der Waals surface area contributed by atoms with E-state index < -0.39 is 6.04 Å². The first-order chi connectivity index (χ1) is 12.6. The van der Waals surface area contributed by atoms with Crippen molar-refractivity contribution in [2.75, 3.05) is 11.9 Å². The van der Waals surface area contributed by atoms with Crippen LogP contribution in [0.4, 0.5) is 5.13 Å². The highest BCUT2D eigenvalue weighted by molar-refractivity contribution is 7.18. The van der Waals surface area contributed by atoms with Gasteiger partial charge in [-0.05, 0) is 31.4 Å². The summed E-state index contributed by atoms with van der Waals surface area (Å²) in [7, 11) is 0. The number of halogens is 1. The van der Waals surface area contributed by atoms with Crippen LogP contribution in [-0.2, 0) is 9.59 Å². The molecule has 8 heteroatoms. The van der Waals surface area contributed by atoms with E-state index in [4.69, 9.17) is 11.6 Å². The number of likely N-dealkylation sites (tertiary alicyclic amines) is 1. The van der Waals surface area contributed by atoms with E-state index in [1.165, 1.54) is 11.3 Å². The number of nitrogens with one attached hydrogen (secondary N) is 1. The number of hydrogen-bond acceptors (Lipinski definition) is 5. The molecule has 138 valence electrons. The average molecular weight is 393 g/mol. The monoisotopic (exact) mass is 392 g/mol. The van der Waals surface area contributed by atoms with E-state index in [1.807, 2.05) is 12.1 Å². The Morgan fingerprint density at radius 3 is 3.00 bits per heavy atom. The van der Waals surface area contributed by atoms with Gasteiger partial charge in [-0.2, -0.15) is 0 Å². The van der Waals surface area contributed by atoms with Gasteiger partial charge in [-0.1, -0.05) is 48.4 Å². The molecule has 2 heterocycles. The van der Waals surface area contributed by atoms with Crippen LogP contribution in [0.2, 0.25) is 5.02 Å². The van der Waals surface area contributed by atoms with Gasteiger partial charge in [0.05, 0.1) is 0 Å². The molecule has 2 amide bonds. The zero-order valence-electron chi connectivity index (χ0n) is 14.6. The molecule has 0 spiro atoms. The van der Waals surface area contributed by atoms with Gasteiger partial charge in [-0.25, -0.2) is 0 Å². The van der Waals surface area contributed by atoms with Gasteiger partial charge in [-0.3, -0.25) is 14.9 Å². The quantitative estimate of drug-likeness (QED) is 0.806. The van der Waals surface area contributed by atoms with Gasteiger partial charge in [-0.15, -0.1) is 10.2 Å². The Bertz CT molecular complexity index is 795. The Kier molecular flexibility index (Phi) is 6.21. The van der Waals surface area contributed by atoms with E-state index in [0.29, 0.717) is 34.5 Å². The maximum Gasteiger partial charge on any atom is 0.249 e. The summed E-state index contributed by atoms with van der Waals surface area (Å²) in [6.07, 6.45) is 3.85. The number of benzene rings is 1. The molecular formula is C18H21ClN4O2S. The number of carbonyl (C=O) groups is 2. The van der Waals surface area contributed by atoms with Crippen LogP contribution < -0.4 is 5.32 Å². The van der Waals surface area contributed by atoms with Crippen LogP contribution in [0.1, 0.15) is 39.0 Å². The highest BCUT2D eigenvalue weighted by Gasteiger charge is 2.34. The second kappa shape index (κ2) is 8.60. The van der Waals surface area contributed by atoms with Crippen LogP contribution in [0.3, 0.4) is 0 Å². The van der Waals surface area contributed by atoms with Crippen LogP contribution in [0.15, 0.2) is 24.3 Å². The number of carbonyl (C=O) groups excluding carboxylic acids is 2. The summed E-state index contributed by atoms with van der Waals surface area (Å²) in [5, 5.41) is 12.7. The lowest BCUT2D eigenvalue weighted by molar-refractivity contribution is -0.136. The lowest BCUT2D eigenvalue weighted by atomic mass is 10.2. The van der Waals surface area contributed by atoms with Crippen molar-refractivity contribution >= 4 is 39.9 Å². The van der Waals surface area contributed by atoms with E-state index in [9.17, 15) is 9.59 Å². The molecule has 26 heavy (non-hydrogen) atoms. The molecule has 0 aliphatic carbocycles. The van der Waals surface area contributed by atoms with Gasteiger partial charge in [0.2, 0.25) is 16.9 Å². The van der Waals surface area contributed by atoms with Crippen LogP contribution in [0, 0.1) is 0 Å². The minimum absolute atomic E-state index is 0.0568. The number of aromatic nitrogens is 2. The average Bonchev–Trinajstić information content (AvgIpc) is 3.29. The molecule has 1 aromatic heterocycles. The van der Waals surface area contributed by atoms with Crippen LogP contribution in [-0.4, -0.2) is 39.5 Å². The highest BCUT2D eigenvalue weighted by Crippen LogP contribution is 2.29. The van der Waals surface area contributed by atoms with Gasteiger partial charge in [0.1, 0.15) is 11.0 Å². The Morgan fingerprint density at radius 2 is 2.23 bits per heavy atom.